The number of carboxylic acids is 1. The highest BCUT2D eigenvalue weighted by Gasteiger charge is 2.30. The predicted molar refractivity (Wildman–Crippen MR) is 123 cm³/mol. The van der Waals surface area contributed by atoms with Gasteiger partial charge in [-0.15, -0.1) is 11.8 Å². The van der Waals surface area contributed by atoms with Crippen LogP contribution >= 0.6 is 11.8 Å². The van der Waals surface area contributed by atoms with Gasteiger partial charge in [-0.25, -0.2) is 9.78 Å². The van der Waals surface area contributed by atoms with E-state index in [2.05, 4.69) is 4.98 Å². The number of thioether (sulfide) groups is 1. The number of hydrogen-bond acceptors (Lipinski definition) is 5. The van der Waals surface area contributed by atoms with Gasteiger partial charge in [-0.05, 0) is 66.1 Å². The topological polar surface area (TPSA) is 72.6 Å². The molecule has 9 heteroatoms. The van der Waals surface area contributed by atoms with Gasteiger partial charge in [-0.1, -0.05) is 19.1 Å². The van der Waals surface area contributed by atoms with Gasteiger partial charge in [0, 0.05) is 16.2 Å². The molecule has 0 aliphatic rings. The second-order valence-corrected chi connectivity index (χ2v) is 8.50. The Kier molecular flexibility index (Phi) is 6.83. The van der Waals surface area contributed by atoms with E-state index in [1.807, 2.05) is 31.2 Å². The Morgan fingerprint density at radius 1 is 1.09 bits per heavy atom. The fourth-order valence-corrected chi connectivity index (χ4v) is 4.36. The van der Waals surface area contributed by atoms with E-state index >= 15 is 0 Å². The summed E-state index contributed by atoms with van der Waals surface area (Å²) in [6.45, 7) is 1.57. The maximum absolute atomic E-state index is 12.8. The van der Waals surface area contributed by atoms with Crippen LogP contribution in [0.15, 0.2) is 70.0 Å². The lowest BCUT2D eigenvalue weighted by Gasteiger charge is -2.11. The van der Waals surface area contributed by atoms with Gasteiger partial charge < -0.3 is 14.3 Å². The van der Waals surface area contributed by atoms with Crippen LogP contribution in [0.3, 0.4) is 0 Å². The Labute approximate surface area is 197 Å². The highest BCUT2D eigenvalue weighted by atomic mass is 32.2. The van der Waals surface area contributed by atoms with Crippen LogP contribution in [-0.4, -0.2) is 22.7 Å². The number of aryl methyl sites for hydroxylation is 1. The predicted octanol–water partition coefficient (Wildman–Crippen LogP) is 6.83. The fourth-order valence-electron chi connectivity index (χ4n) is 3.41. The molecule has 0 spiro atoms. The lowest BCUT2D eigenvalue weighted by Crippen LogP contribution is -2.10. The number of carbonyl (C=O) groups is 1. The quantitative estimate of drug-likeness (QED) is 0.275. The van der Waals surface area contributed by atoms with Crippen molar-refractivity contribution in [1.29, 1.82) is 0 Å². The number of rotatable bonds is 8. The van der Waals surface area contributed by atoms with Crippen molar-refractivity contribution >= 4 is 28.8 Å². The Morgan fingerprint density at radius 3 is 2.53 bits per heavy atom. The monoisotopic (exact) mass is 487 g/mol. The van der Waals surface area contributed by atoms with Crippen LogP contribution in [0.25, 0.3) is 22.6 Å². The molecular formula is C25H20F3NO4S. The SMILES string of the molecule is CCc1cc(SCc2cccc3oc(-c4ccc(C(F)(F)F)cc4)nc23)ccc1OCC(=O)O. The summed E-state index contributed by atoms with van der Waals surface area (Å²) < 4.78 is 49.7. The van der Waals surface area contributed by atoms with Crippen LogP contribution in [0.2, 0.25) is 0 Å². The summed E-state index contributed by atoms with van der Waals surface area (Å²) in [5.41, 5.74) is 2.79. The van der Waals surface area contributed by atoms with E-state index in [4.69, 9.17) is 14.3 Å². The first-order valence-electron chi connectivity index (χ1n) is 10.4. The molecule has 0 radical (unpaired) electrons. The van der Waals surface area contributed by atoms with Crippen molar-refractivity contribution in [2.75, 3.05) is 6.61 Å². The summed E-state index contributed by atoms with van der Waals surface area (Å²) in [4.78, 5) is 16.3. The molecule has 1 heterocycles. The van der Waals surface area contributed by atoms with E-state index < -0.39 is 24.3 Å². The van der Waals surface area contributed by atoms with Crippen molar-refractivity contribution in [3.63, 3.8) is 0 Å². The molecule has 0 unspecified atom stereocenters. The third-order valence-corrected chi connectivity index (χ3v) is 6.16. The van der Waals surface area contributed by atoms with Crippen molar-refractivity contribution in [1.82, 2.24) is 4.98 Å². The number of hydrogen-bond donors (Lipinski definition) is 1. The lowest BCUT2D eigenvalue weighted by molar-refractivity contribution is -0.139. The van der Waals surface area contributed by atoms with Crippen molar-refractivity contribution in [2.24, 2.45) is 0 Å². The molecule has 4 rings (SSSR count). The zero-order valence-electron chi connectivity index (χ0n) is 18.1. The van der Waals surface area contributed by atoms with Gasteiger partial charge in [-0.3, -0.25) is 0 Å². The zero-order valence-corrected chi connectivity index (χ0v) is 18.9. The Bertz CT molecular complexity index is 1320. The number of ether oxygens (including phenoxy) is 1. The zero-order chi connectivity index (χ0) is 24.3. The average molecular weight is 487 g/mol. The minimum absolute atomic E-state index is 0.259. The summed E-state index contributed by atoms with van der Waals surface area (Å²) in [5, 5.41) is 8.82. The van der Waals surface area contributed by atoms with Crippen LogP contribution in [-0.2, 0) is 23.1 Å². The average Bonchev–Trinajstić information content (AvgIpc) is 3.26. The van der Waals surface area contributed by atoms with Crippen LogP contribution in [0.1, 0.15) is 23.6 Å². The number of fused-ring (bicyclic) bond motifs is 1. The number of benzene rings is 3. The van der Waals surface area contributed by atoms with Gasteiger partial charge in [0.2, 0.25) is 5.89 Å². The van der Waals surface area contributed by atoms with E-state index in [1.165, 1.54) is 12.1 Å². The maximum atomic E-state index is 12.8. The number of para-hydroxylation sites is 1. The summed E-state index contributed by atoms with van der Waals surface area (Å²) in [5.74, 6) is 0.370. The molecular weight excluding hydrogens is 467 g/mol. The van der Waals surface area contributed by atoms with E-state index in [9.17, 15) is 18.0 Å². The second-order valence-electron chi connectivity index (χ2n) is 7.45. The minimum atomic E-state index is -4.40. The van der Waals surface area contributed by atoms with Crippen LogP contribution in [0, 0.1) is 0 Å². The molecule has 176 valence electrons. The highest BCUT2D eigenvalue weighted by molar-refractivity contribution is 7.98. The number of halogens is 3. The number of alkyl halides is 3. The number of aromatic nitrogens is 1. The van der Waals surface area contributed by atoms with Crippen LogP contribution in [0.4, 0.5) is 13.2 Å². The number of carboxylic acid groups (broad SMARTS) is 1. The summed E-state index contributed by atoms with van der Waals surface area (Å²) >= 11 is 1.58. The molecule has 0 bridgehead atoms. The molecule has 4 aromatic rings. The Morgan fingerprint density at radius 2 is 1.85 bits per heavy atom. The fraction of sp³-hybridized carbons (Fsp3) is 0.200. The molecule has 34 heavy (non-hydrogen) atoms. The first-order chi connectivity index (χ1) is 16.2. The van der Waals surface area contributed by atoms with Crippen molar-refractivity contribution in [2.45, 2.75) is 30.2 Å². The smallest absolute Gasteiger partial charge is 0.416 e. The first-order valence-corrected chi connectivity index (χ1v) is 11.4. The van der Waals surface area contributed by atoms with Crippen molar-refractivity contribution in [3.05, 3.63) is 77.4 Å². The number of oxazole rings is 1. The van der Waals surface area contributed by atoms with Crippen LogP contribution in [0.5, 0.6) is 5.75 Å². The van der Waals surface area contributed by atoms with E-state index in [0.29, 0.717) is 34.6 Å². The Balaban J connectivity index is 1.53. The Hall–Kier alpha value is -3.46. The normalized spacial score (nSPS) is 11.6. The van der Waals surface area contributed by atoms with Gasteiger partial charge in [-0.2, -0.15) is 13.2 Å². The van der Waals surface area contributed by atoms with E-state index in [1.54, 1.807) is 23.9 Å². The molecule has 0 fully saturated rings. The molecule has 1 N–H and O–H groups in total. The van der Waals surface area contributed by atoms with Crippen molar-refractivity contribution in [3.8, 4) is 17.2 Å². The second kappa shape index (κ2) is 9.80. The molecule has 0 saturated carbocycles. The van der Waals surface area contributed by atoms with E-state index in [-0.39, 0.29) is 5.89 Å². The largest absolute Gasteiger partial charge is 0.482 e. The standard InChI is InChI=1S/C25H20F3NO4S/c1-2-15-12-19(10-11-20(15)32-13-22(30)31)34-14-17-4-3-5-21-23(17)29-24(33-21)16-6-8-18(9-7-16)25(26,27)28/h3-12H,2,13-14H2,1H3,(H,30,31). The molecule has 0 saturated heterocycles. The molecule has 0 atom stereocenters. The van der Waals surface area contributed by atoms with Crippen molar-refractivity contribution < 1.29 is 32.2 Å². The van der Waals surface area contributed by atoms with Gasteiger partial charge in [0.05, 0.1) is 5.56 Å². The first kappa shape index (κ1) is 23.7. The van der Waals surface area contributed by atoms with E-state index in [0.717, 1.165) is 28.2 Å². The molecule has 0 amide bonds. The van der Waals surface area contributed by atoms with Crippen LogP contribution < -0.4 is 4.74 Å². The molecule has 3 aromatic carbocycles. The van der Waals surface area contributed by atoms with Gasteiger partial charge >= 0.3 is 12.1 Å². The minimum Gasteiger partial charge on any atom is -0.482 e. The highest BCUT2D eigenvalue weighted by Crippen LogP contribution is 2.34. The number of nitrogens with zero attached hydrogens (tertiary/aromatic N) is 1. The maximum Gasteiger partial charge on any atom is 0.416 e. The summed E-state index contributed by atoms with van der Waals surface area (Å²) in [6.07, 6.45) is -3.71. The number of aliphatic carboxylic acids is 1. The third-order valence-electron chi connectivity index (χ3n) is 5.12. The van der Waals surface area contributed by atoms with Gasteiger partial charge in [0.25, 0.3) is 0 Å². The third kappa shape index (κ3) is 5.36. The molecule has 0 aliphatic carbocycles. The molecule has 5 nitrogen and oxygen atoms in total. The summed E-state index contributed by atoms with van der Waals surface area (Å²) in [7, 11) is 0. The van der Waals surface area contributed by atoms with Gasteiger partial charge in [0.1, 0.15) is 11.3 Å². The van der Waals surface area contributed by atoms with Gasteiger partial charge in [0.15, 0.2) is 12.2 Å². The lowest BCUT2D eigenvalue weighted by atomic mass is 10.1. The molecule has 1 aromatic heterocycles. The molecule has 0 aliphatic heterocycles. The summed E-state index contributed by atoms with van der Waals surface area (Å²) in [6, 6.07) is 15.9.